The SMILES string of the molecule is Cc1ccc(C(=O)N(C)CC/C(N)=N/O)cc1C. The molecule has 1 aromatic rings. The second kappa shape index (κ2) is 6.05. The van der Waals surface area contributed by atoms with Crippen molar-refractivity contribution in [2.45, 2.75) is 20.3 Å². The van der Waals surface area contributed by atoms with Crippen LogP contribution in [0.1, 0.15) is 27.9 Å². The molecule has 0 heterocycles. The van der Waals surface area contributed by atoms with Gasteiger partial charge in [-0.05, 0) is 37.1 Å². The number of nitrogens with two attached hydrogens (primary N) is 1. The minimum Gasteiger partial charge on any atom is -0.409 e. The number of benzene rings is 1. The Bertz CT molecular complexity index is 469. The summed E-state index contributed by atoms with van der Waals surface area (Å²) in [5.74, 6) is 0.0542. The zero-order valence-electron chi connectivity index (χ0n) is 11.0. The number of amides is 1. The molecule has 1 aromatic carbocycles. The Morgan fingerprint density at radius 2 is 2.06 bits per heavy atom. The fourth-order valence-corrected chi connectivity index (χ4v) is 1.53. The van der Waals surface area contributed by atoms with Crippen molar-refractivity contribution >= 4 is 11.7 Å². The molecule has 0 fully saturated rings. The summed E-state index contributed by atoms with van der Waals surface area (Å²) in [6.45, 7) is 4.40. The number of rotatable bonds is 4. The Hall–Kier alpha value is -2.04. The number of carbonyl (C=O) groups is 1. The van der Waals surface area contributed by atoms with Gasteiger partial charge in [0.2, 0.25) is 0 Å². The third kappa shape index (κ3) is 3.48. The summed E-state index contributed by atoms with van der Waals surface area (Å²) in [5.41, 5.74) is 8.27. The van der Waals surface area contributed by atoms with Crippen LogP contribution in [0.25, 0.3) is 0 Å². The standard InChI is InChI=1S/C13H19N3O2/c1-9-4-5-11(8-10(9)2)13(17)16(3)7-6-12(14)15-18/h4-5,8,18H,6-7H2,1-3H3,(H2,14,15). The topological polar surface area (TPSA) is 78.9 Å². The van der Waals surface area contributed by atoms with Gasteiger partial charge in [-0.2, -0.15) is 0 Å². The van der Waals surface area contributed by atoms with Gasteiger partial charge in [0.25, 0.3) is 5.91 Å². The van der Waals surface area contributed by atoms with Gasteiger partial charge in [-0.3, -0.25) is 4.79 Å². The summed E-state index contributed by atoms with van der Waals surface area (Å²) in [6, 6.07) is 5.61. The van der Waals surface area contributed by atoms with Crippen LogP contribution in [0.5, 0.6) is 0 Å². The third-order valence-electron chi connectivity index (χ3n) is 2.93. The van der Waals surface area contributed by atoms with E-state index in [0.717, 1.165) is 11.1 Å². The van der Waals surface area contributed by atoms with E-state index >= 15 is 0 Å². The van der Waals surface area contributed by atoms with Crippen LogP contribution < -0.4 is 5.73 Å². The summed E-state index contributed by atoms with van der Waals surface area (Å²) in [5, 5.41) is 11.3. The summed E-state index contributed by atoms with van der Waals surface area (Å²) < 4.78 is 0. The number of nitrogens with zero attached hydrogens (tertiary/aromatic N) is 2. The van der Waals surface area contributed by atoms with Gasteiger partial charge in [0, 0.05) is 25.6 Å². The monoisotopic (exact) mass is 249 g/mol. The van der Waals surface area contributed by atoms with E-state index in [1.165, 1.54) is 0 Å². The molecule has 0 unspecified atom stereocenters. The molecule has 1 amide bonds. The molecule has 0 radical (unpaired) electrons. The highest BCUT2D eigenvalue weighted by atomic mass is 16.4. The second-order valence-corrected chi connectivity index (χ2v) is 4.37. The van der Waals surface area contributed by atoms with Crippen LogP contribution in [0.15, 0.2) is 23.4 Å². The molecule has 98 valence electrons. The zero-order valence-corrected chi connectivity index (χ0v) is 11.0. The average molecular weight is 249 g/mol. The van der Waals surface area contributed by atoms with Crippen molar-refractivity contribution in [2.75, 3.05) is 13.6 Å². The molecule has 0 aliphatic rings. The van der Waals surface area contributed by atoms with E-state index in [2.05, 4.69) is 5.16 Å². The first kappa shape index (κ1) is 14.0. The molecule has 0 aromatic heterocycles. The molecule has 0 spiro atoms. The Morgan fingerprint density at radius 1 is 1.39 bits per heavy atom. The lowest BCUT2D eigenvalue weighted by Gasteiger charge is -2.17. The number of hydrogen-bond donors (Lipinski definition) is 2. The molecule has 5 nitrogen and oxygen atoms in total. The van der Waals surface area contributed by atoms with Crippen molar-refractivity contribution in [2.24, 2.45) is 10.9 Å². The molecule has 3 N–H and O–H groups in total. The first-order chi connectivity index (χ1) is 8.45. The molecule has 1 rings (SSSR count). The second-order valence-electron chi connectivity index (χ2n) is 4.37. The number of oxime groups is 1. The van der Waals surface area contributed by atoms with Gasteiger partial charge in [-0.1, -0.05) is 11.2 Å². The molecule has 0 saturated carbocycles. The van der Waals surface area contributed by atoms with Gasteiger partial charge in [0.05, 0.1) is 0 Å². The lowest BCUT2D eigenvalue weighted by atomic mass is 10.1. The first-order valence-electron chi connectivity index (χ1n) is 5.75. The smallest absolute Gasteiger partial charge is 0.253 e. The van der Waals surface area contributed by atoms with E-state index in [1.54, 1.807) is 11.9 Å². The van der Waals surface area contributed by atoms with Crippen molar-refractivity contribution in [3.63, 3.8) is 0 Å². The largest absolute Gasteiger partial charge is 0.409 e. The maximum Gasteiger partial charge on any atom is 0.253 e. The Labute approximate surface area is 107 Å². The molecule has 0 saturated heterocycles. The van der Waals surface area contributed by atoms with Gasteiger partial charge in [0.15, 0.2) is 0 Å². The predicted octanol–water partition coefficient (Wildman–Crippen LogP) is 1.51. The molecule has 0 atom stereocenters. The lowest BCUT2D eigenvalue weighted by molar-refractivity contribution is 0.0798. The highest BCUT2D eigenvalue weighted by molar-refractivity contribution is 5.94. The van der Waals surface area contributed by atoms with Gasteiger partial charge in [-0.25, -0.2) is 0 Å². The van der Waals surface area contributed by atoms with Gasteiger partial charge in [-0.15, -0.1) is 0 Å². The average Bonchev–Trinajstić information content (AvgIpc) is 2.37. The highest BCUT2D eigenvalue weighted by Crippen LogP contribution is 2.11. The molecule has 18 heavy (non-hydrogen) atoms. The van der Waals surface area contributed by atoms with Crippen molar-refractivity contribution in [1.29, 1.82) is 0 Å². The molecular formula is C13H19N3O2. The number of hydrogen-bond acceptors (Lipinski definition) is 3. The van der Waals surface area contributed by atoms with Gasteiger partial charge >= 0.3 is 0 Å². The summed E-state index contributed by atoms with van der Waals surface area (Å²) in [6.07, 6.45) is 0.351. The fourth-order valence-electron chi connectivity index (χ4n) is 1.53. The Kier molecular flexibility index (Phi) is 4.71. The van der Waals surface area contributed by atoms with E-state index in [4.69, 9.17) is 10.9 Å². The summed E-state index contributed by atoms with van der Waals surface area (Å²) >= 11 is 0. The minimum absolute atomic E-state index is 0.0659. The fraction of sp³-hybridized carbons (Fsp3) is 0.385. The maximum atomic E-state index is 12.1. The van der Waals surface area contributed by atoms with Crippen LogP contribution >= 0.6 is 0 Å². The predicted molar refractivity (Wildman–Crippen MR) is 70.9 cm³/mol. The number of aryl methyl sites for hydroxylation is 2. The summed E-state index contributed by atoms with van der Waals surface area (Å²) in [4.78, 5) is 13.6. The van der Waals surface area contributed by atoms with Crippen LogP contribution in [0.3, 0.4) is 0 Å². The Balaban J connectivity index is 2.71. The molecule has 5 heteroatoms. The van der Waals surface area contributed by atoms with E-state index in [9.17, 15) is 4.79 Å². The number of amidine groups is 1. The quantitative estimate of drug-likeness (QED) is 0.367. The third-order valence-corrected chi connectivity index (χ3v) is 2.93. The van der Waals surface area contributed by atoms with Crippen molar-refractivity contribution < 1.29 is 10.0 Å². The number of carbonyl (C=O) groups excluding carboxylic acids is 1. The van der Waals surface area contributed by atoms with Crippen LogP contribution in [-0.4, -0.2) is 35.4 Å². The maximum absolute atomic E-state index is 12.1. The normalized spacial score (nSPS) is 11.4. The van der Waals surface area contributed by atoms with Crippen LogP contribution in [0, 0.1) is 13.8 Å². The van der Waals surface area contributed by atoms with Crippen molar-refractivity contribution in [1.82, 2.24) is 4.90 Å². The van der Waals surface area contributed by atoms with Crippen LogP contribution in [-0.2, 0) is 0 Å². The molecular weight excluding hydrogens is 230 g/mol. The lowest BCUT2D eigenvalue weighted by Crippen LogP contribution is -2.30. The van der Waals surface area contributed by atoms with E-state index in [-0.39, 0.29) is 11.7 Å². The Morgan fingerprint density at radius 3 is 2.61 bits per heavy atom. The first-order valence-corrected chi connectivity index (χ1v) is 5.75. The van der Waals surface area contributed by atoms with Crippen LogP contribution in [0.2, 0.25) is 0 Å². The highest BCUT2D eigenvalue weighted by Gasteiger charge is 2.12. The zero-order chi connectivity index (χ0) is 13.7. The van der Waals surface area contributed by atoms with Gasteiger partial charge < -0.3 is 15.8 Å². The molecule has 0 aliphatic carbocycles. The summed E-state index contributed by atoms with van der Waals surface area (Å²) in [7, 11) is 1.70. The minimum atomic E-state index is -0.0659. The molecule has 0 bridgehead atoms. The van der Waals surface area contributed by atoms with E-state index < -0.39 is 0 Å². The molecule has 0 aliphatic heterocycles. The van der Waals surface area contributed by atoms with Gasteiger partial charge in [0.1, 0.15) is 5.84 Å². The van der Waals surface area contributed by atoms with E-state index in [1.807, 2.05) is 32.0 Å². The van der Waals surface area contributed by atoms with E-state index in [0.29, 0.717) is 18.5 Å². The van der Waals surface area contributed by atoms with Crippen molar-refractivity contribution in [3.8, 4) is 0 Å². The van der Waals surface area contributed by atoms with Crippen molar-refractivity contribution in [3.05, 3.63) is 34.9 Å². The van der Waals surface area contributed by atoms with Crippen LogP contribution in [0.4, 0.5) is 0 Å².